The van der Waals surface area contributed by atoms with Gasteiger partial charge in [0.2, 0.25) is 5.91 Å². The molecule has 1 amide bonds. The fraction of sp³-hybridized carbons (Fsp3) is 0.409. The van der Waals surface area contributed by atoms with Gasteiger partial charge in [-0.1, -0.05) is 54.9 Å². The average molecular weight is 387 g/mol. The molecule has 27 heavy (non-hydrogen) atoms. The predicted octanol–water partition coefficient (Wildman–Crippen LogP) is 3.61. The van der Waals surface area contributed by atoms with Crippen molar-refractivity contribution in [2.45, 2.75) is 31.2 Å². The number of aromatic hydroxyl groups is 1. The number of halogens is 1. The number of carbonyl (C=O) groups excluding carboxylic acids is 1. The van der Waals surface area contributed by atoms with Gasteiger partial charge in [0.15, 0.2) is 0 Å². The number of phenolic OH excluding ortho intramolecular Hbond substituents is 1. The first-order chi connectivity index (χ1) is 12.8. The van der Waals surface area contributed by atoms with E-state index in [2.05, 4.69) is 29.3 Å². The normalized spacial score (nSPS) is 22.5. The predicted molar refractivity (Wildman–Crippen MR) is 109 cm³/mol. The van der Waals surface area contributed by atoms with Crippen LogP contribution >= 0.6 is 11.6 Å². The molecule has 1 saturated carbocycles. The SMILES string of the molecule is CN(C)[C@H](CNC(=O)[C@@H]1C[C@@]1(C)c1ccccc1)Cc1ccc(O)cc1Cl. The van der Waals surface area contributed by atoms with Crippen molar-refractivity contribution in [3.05, 3.63) is 64.7 Å². The Bertz CT molecular complexity index is 809. The van der Waals surface area contributed by atoms with Crippen LogP contribution in [-0.4, -0.2) is 42.6 Å². The highest BCUT2D eigenvalue weighted by Crippen LogP contribution is 2.53. The van der Waals surface area contributed by atoms with E-state index in [4.69, 9.17) is 11.6 Å². The van der Waals surface area contributed by atoms with Gasteiger partial charge >= 0.3 is 0 Å². The maximum atomic E-state index is 12.7. The van der Waals surface area contributed by atoms with Gasteiger partial charge < -0.3 is 15.3 Å². The molecule has 1 aliphatic rings. The van der Waals surface area contributed by atoms with E-state index in [1.165, 1.54) is 5.56 Å². The van der Waals surface area contributed by atoms with E-state index in [0.29, 0.717) is 18.0 Å². The summed E-state index contributed by atoms with van der Waals surface area (Å²) in [7, 11) is 3.99. The van der Waals surface area contributed by atoms with Crippen molar-refractivity contribution in [3.63, 3.8) is 0 Å². The Morgan fingerprint density at radius 1 is 1.30 bits per heavy atom. The van der Waals surface area contributed by atoms with Gasteiger partial charge in [-0.25, -0.2) is 0 Å². The van der Waals surface area contributed by atoms with Crippen molar-refractivity contribution in [3.8, 4) is 5.75 Å². The summed E-state index contributed by atoms with van der Waals surface area (Å²) in [4.78, 5) is 14.8. The van der Waals surface area contributed by atoms with Gasteiger partial charge in [0, 0.05) is 28.9 Å². The van der Waals surface area contributed by atoms with E-state index in [0.717, 1.165) is 12.0 Å². The molecule has 2 N–H and O–H groups in total. The summed E-state index contributed by atoms with van der Waals surface area (Å²) in [6, 6.07) is 15.4. The molecule has 2 aromatic rings. The highest BCUT2D eigenvalue weighted by molar-refractivity contribution is 6.31. The second-order valence-corrected chi connectivity index (χ2v) is 8.29. The third-order valence-corrected chi connectivity index (χ3v) is 6.07. The van der Waals surface area contributed by atoms with Gasteiger partial charge in [-0.15, -0.1) is 0 Å². The maximum absolute atomic E-state index is 12.7. The highest BCUT2D eigenvalue weighted by atomic mass is 35.5. The largest absolute Gasteiger partial charge is 0.508 e. The molecule has 0 unspecified atom stereocenters. The number of likely N-dealkylation sites (N-methyl/N-ethyl adjacent to an activating group) is 1. The van der Waals surface area contributed by atoms with E-state index in [1.807, 2.05) is 38.4 Å². The summed E-state index contributed by atoms with van der Waals surface area (Å²) in [6.07, 6.45) is 1.59. The monoisotopic (exact) mass is 386 g/mol. The van der Waals surface area contributed by atoms with Crippen LogP contribution in [0.4, 0.5) is 0 Å². The van der Waals surface area contributed by atoms with Crippen LogP contribution in [0, 0.1) is 5.92 Å². The number of hydrogen-bond donors (Lipinski definition) is 2. The van der Waals surface area contributed by atoms with Crippen molar-refractivity contribution < 1.29 is 9.90 Å². The van der Waals surface area contributed by atoms with Crippen molar-refractivity contribution in [2.75, 3.05) is 20.6 Å². The Labute approximate surface area is 166 Å². The topological polar surface area (TPSA) is 52.6 Å². The first-order valence-corrected chi connectivity index (χ1v) is 9.66. The summed E-state index contributed by atoms with van der Waals surface area (Å²) in [5.41, 5.74) is 2.13. The van der Waals surface area contributed by atoms with Crippen LogP contribution in [0.1, 0.15) is 24.5 Å². The number of benzene rings is 2. The zero-order valence-corrected chi connectivity index (χ0v) is 16.8. The molecule has 3 rings (SSSR count). The van der Waals surface area contributed by atoms with Crippen LogP contribution in [0.3, 0.4) is 0 Å². The van der Waals surface area contributed by atoms with E-state index >= 15 is 0 Å². The highest BCUT2D eigenvalue weighted by Gasteiger charge is 2.55. The molecule has 0 saturated heterocycles. The van der Waals surface area contributed by atoms with Gasteiger partial charge in [-0.05, 0) is 50.2 Å². The van der Waals surface area contributed by atoms with Crippen molar-refractivity contribution in [1.82, 2.24) is 10.2 Å². The molecule has 144 valence electrons. The smallest absolute Gasteiger partial charge is 0.224 e. The molecule has 2 aromatic carbocycles. The number of phenols is 1. The van der Waals surface area contributed by atoms with Crippen LogP contribution in [0.2, 0.25) is 5.02 Å². The fourth-order valence-electron chi connectivity index (χ4n) is 3.62. The molecule has 0 heterocycles. The van der Waals surface area contributed by atoms with Crippen molar-refractivity contribution in [2.24, 2.45) is 5.92 Å². The van der Waals surface area contributed by atoms with Crippen LogP contribution in [-0.2, 0) is 16.6 Å². The third-order valence-electron chi connectivity index (χ3n) is 5.72. The lowest BCUT2D eigenvalue weighted by Gasteiger charge is -2.25. The molecule has 0 aliphatic heterocycles. The molecule has 4 nitrogen and oxygen atoms in total. The molecule has 0 radical (unpaired) electrons. The standard InChI is InChI=1S/C22H27ClN2O2/c1-22(16-7-5-4-6-8-16)13-19(22)21(27)24-14-17(25(2)3)11-15-9-10-18(26)12-20(15)23/h4-10,12,17,19,26H,11,13-14H2,1-3H3,(H,24,27)/t17-,19-,22-/m0/s1. The number of rotatable bonds is 7. The molecule has 0 bridgehead atoms. The Balaban J connectivity index is 1.59. The number of nitrogens with one attached hydrogen (secondary N) is 1. The molecule has 3 atom stereocenters. The van der Waals surface area contributed by atoms with Gasteiger partial charge in [0.25, 0.3) is 0 Å². The average Bonchev–Trinajstić information content (AvgIpc) is 3.34. The fourth-order valence-corrected chi connectivity index (χ4v) is 3.87. The lowest BCUT2D eigenvalue weighted by molar-refractivity contribution is -0.122. The molecule has 1 fully saturated rings. The molecule has 0 aromatic heterocycles. The summed E-state index contributed by atoms with van der Waals surface area (Å²) < 4.78 is 0. The molecule has 5 heteroatoms. The van der Waals surface area contributed by atoms with Crippen LogP contribution < -0.4 is 5.32 Å². The first-order valence-electron chi connectivity index (χ1n) is 9.28. The van der Waals surface area contributed by atoms with Crippen molar-refractivity contribution >= 4 is 17.5 Å². The molecular formula is C22H27ClN2O2. The van der Waals surface area contributed by atoms with E-state index in [9.17, 15) is 9.90 Å². The number of hydrogen-bond acceptors (Lipinski definition) is 3. The second kappa shape index (κ2) is 7.91. The molecule has 1 aliphatic carbocycles. The van der Waals surface area contributed by atoms with Gasteiger partial charge in [-0.2, -0.15) is 0 Å². The minimum Gasteiger partial charge on any atom is -0.508 e. The Hall–Kier alpha value is -2.04. The van der Waals surface area contributed by atoms with Gasteiger partial charge in [0.1, 0.15) is 5.75 Å². The zero-order chi connectivity index (χ0) is 19.6. The minimum absolute atomic E-state index is 0.0278. The molecular weight excluding hydrogens is 360 g/mol. The van der Waals surface area contributed by atoms with Gasteiger partial charge in [-0.3, -0.25) is 4.79 Å². The quantitative estimate of drug-likeness (QED) is 0.764. The van der Waals surface area contributed by atoms with E-state index in [1.54, 1.807) is 12.1 Å². The lowest BCUT2D eigenvalue weighted by atomic mass is 9.95. The Morgan fingerprint density at radius 2 is 2.00 bits per heavy atom. The summed E-state index contributed by atoms with van der Waals surface area (Å²) in [5, 5.41) is 13.2. The second-order valence-electron chi connectivity index (χ2n) is 7.88. The first kappa shape index (κ1) is 19.7. The summed E-state index contributed by atoms with van der Waals surface area (Å²) >= 11 is 6.24. The van der Waals surface area contributed by atoms with E-state index < -0.39 is 0 Å². The molecule has 0 spiro atoms. The number of nitrogens with zero attached hydrogens (tertiary/aromatic N) is 1. The number of amides is 1. The van der Waals surface area contributed by atoms with Crippen LogP contribution in [0.25, 0.3) is 0 Å². The van der Waals surface area contributed by atoms with Crippen molar-refractivity contribution in [1.29, 1.82) is 0 Å². The Kier molecular flexibility index (Phi) is 5.78. The lowest BCUT2D eigenvalue weighted by Crippen LogP contribution is -2.42. The number of carbonyl (C=O) groups is 1. The third kappa shape index (κ3) is 4.45. The maximum Gasteiger partial charge on any atom is 0.224 e. The zero-order valence-electron chi connectivity index (χ0n) is 16.1. The van der Waals surface area contributed by atoms with Crippen LogP contribution in [0.15, 0.2) is 48.5 Å². The van der Waals surface area contributed by atoms with Crippen LogP contribution in [0.5, 0.6) is 5.75 Å². The summed E-state index contributed by atoms with van der Waals surface area (Å²) in [6.45, 7) is 2.72. The van der Waals surface area contributed by atoms with Gasteiger partial charge in [0.05, 0.1) is 0 Å². The minimum atomic E-state index is -0.0563. The summed E-state index contributed by atoms with van der Waals surface area (Å²) in [5.74, 6) is 0.303. The van der Waals surface area contributed by atoms with E-state index in [-0.39, 0.29) is 29.0 Å². The Morgan fingerprint density at radius 3 is 2.63 bits per heavy atom.